The highest BCUT2D eigenvalue weighted by Crippen LogP contribution is 2.35. The molecule has 7 heteroatoms. The summed E-state index contributed by atoms with van der Waals surface area (Å²) in [7, 11) is 0. The summed E-state index contributed by atoms with van der Waals surface area (Å²) in [6.07, 6.45) is 2.08. The zero-order chi connectivity index (χ0) is 16.4. The van der Waals surface area contributed by atoms with Gasteiger partial charge in [-0.3, -0.25) is 9.59 Å². The van der Waals surface area contributed by atoms with Gasteiger partial charge in [0.2, 0.25) is 5.91 Å². The lowest BCUT2D eigenvalue weighted by atomic mass is 9.82. The Balaban J connectivity index is 2.25. The number of thiophene rings is 1. The van der Waals surface area contributed by atoms with Gasteiger partial charge in [0.1, 0.15) is 11.1 Å². The van der Waals surface area contributed by atoms with Gasteiger partial charge in [-0.1, -0.05) is 17.7 Å². The van der Waals surface area contributed by atoms with E-state index < -0.39 is 23.7 Å². The van der Waals surface area contributed by atoms with E-state index >= 15 is 0 Å². The minimum absolute atomic E-state index is 0.204. The lowest BCUT2D eigenvalue weighted by Gasteiger charge is -2.25. The average molecular weight is 339 g/mol. The van der Waals surface area contributed by atoms with Crippen LogP contribution in [-0.2, 0) is 9.59 Å². The van der Waals surface area contributed by atoms with E-state index in [2.05, 4.69) is 11.4 Å². The van der Waals surface area contributed by atoms with Crippen LogP contribution in [0.15, 0.2) is 11.1 Å². The van der Waals surface area contributed by atoms with Crippen LogP contribution >= 0.6 is 22.9 Å². The summed E-state index contributed by atoms with van der Waals surface area (Å²) in [5.74, 6) is -2.95. The summed E-state index contributed by atoms with van der Waals surface area (Å²) in [6.45, 7) is 3.69. The third-order valence-corrected chi connectivity index (χ3v) is 5.31. The quantitative estimate of drug-likeness (QED) is 0.883. The fourth-order valence-electron chi connectivity index (χ4n) is 2.46. The summed E-state index contributed by atoms with van der Waals surface area (Å²) in [6, 6.07) is 2.08. The summed E-state index contributed by atoms with van der Waals surface area (Å²) in [5, 5.41) is 22.1. The normalized spacial score (nSPS) is 20.9. The zero-order valence-electron chi connectivity index (χ0n) is 12.1. The molecule has 5 nitrogen and oxygen atoms in total. The first kappa shape index (κ1) is 16.5. The maximum atomic E-state index is 12.5. The number of aliphatic carboxylic acids is 1. The molecule has 22 heavy (non-hydrogen) atoms. The summed E-state index contributed by atoms with van der Waals surface area (Å²) in [5.41, 5.74) is 1.26. The number of carboxylic acid groups (broad SMARTS) is 1. The molecular formula is C15H15ClN2O3S. The Kier molecular flexibility index (Phi) is 4.89. The molecule has 1 aliphatic carbocycles. The number of halogens is 1. The Morgan fingerprint density at radius 3 is 2.73 bits per heavy atom. The van der Waals surface area contributed by atoms with Crippen molar-refractivity contribution >= 4 is 39.8 Å². The second-order valence-corrected chi connectivity index (χ2v) is 6.94. The molecule has 2 rings (SSSR count). The number of aryl methyl sites for hydroxylation is 1. The molecule has 0 spiro atoms. The molecule has 2 N–H and O–H groups in total. The van der Waals surface area contributed by atoms with Gasteiger partial charge in [-0.25, -0.2) is 0 Å². The molecule has 1 amide bonds. The monoisotopic (exact) mass is 338 g/mol. The molecule has 1 heterocycles. The van der Waals surface area contributed by atoms with Gasteiger partial charge in [-0.15, -0.1) is 11.3 Å². The van der Waals surface area contributed by atoms with Crippen LogP contribution in [0.5, 0.6) is 0 Å². The van der Waals surface area contributed by atoms with Crippen molar-refractivity contribution in [2.75, 3.05) is 5.32 Å². The van der Waals surface area contributed by atoms with Gasteiger partial charge in [0.25, 0.3) is 0 Å². The average Bonchev–Trinajstić information content (AvgIpc) is 2.72. The highest BCUT2D eigenvalue weighted by atomic mass is 35.5. The van der Waals surface area contributed by atoms with Gasteiger partial charge in [-0.2, -0.15) is 5.26 Å². The Hall–Kier alpha value is -1.84. The van der Waals surface area contributed by atoms with Crippen molar-refractivity contribution in [1.29, 1.82) is 5.26 Å². The highest BCUT2D eigenvalue weighted by molar-refractivity contribution is 7.16. The fraction of sp³-hybridized carbons (Fsp3) is 0.400. The molecule has 1 aromatic rings. The van der Waals surface area contributed by atoms with E-state index in [4.69, 9.17) is 11.6 Å². The Labute approximate surface area is 137 Å². The topological polar surface area (TPSA) is 90.2 Å². The molecule has 0 saturated heterocycles. The van der Waals surface area contributed by atoms with Crippen LogP contribution in [0, 0.1) is 37.0 Å². The van der Waals surface area contributed by atoms with Crippen molar-refractivity contribution in [2.45, 2.75) is 26.7 Å². The molecule has 0 radical (unpaired) electrons. The maximum absolute atomic E-state index is 12.5. The van der Waals surface area contributed by atoms with Gasteiger partial charge in [0, 0.05) is 9.91 Å². The number of hydrogen-bond donors (Lipinski definition) is 2. The van der Waals surface area contributed by atoms with E-state index in [1.807, 2.05) is 13.8 Å². The molecule has 0 aliphatic heterocycles. The molecule has 0 aromatic carbocycles. The van der Waals surface area contributed by atoms with E-state index in [0.717, 1.165) is 10.4 Å². The van der Waals surface area contributed by atoms with Gasteiger partial charge >= 0.3 is 5.97 Å². The first-order valence-electron chi connectivity index (χ1n) is 6.73. The minimum atomic E-state index is -1.01. The molecule has 0 fully saturated rings. The van der Waals surface area contributed by atoms with Crippen LogP contribution in [0.2, 0.25) is 0 Å². The SMILES string of the molecule is Cc1sc(NC(=O)[C@@H]2CC(Cl)=CC[C@H]2C(=O)O)c(C#N)c1C. The predicted molar refractivity (Wildman–Crippen MR) is 84.9 cm³/mol. The minimum Gasteiger partial charge on any atom is -0.481 e. The Morgan fingerprint density at radius 2 is 2.14 bits per heavy atom. The number of hydrogen-bond acceptors (Lipinski definition) is 4. The van der Waals surface area contributed by atoms with Crippen LogP contribution in [0.3, 0.4) is 0 Å². The molecule has 0 bridgehead atoms. The summed E-state index contributed by atoms with van der Waals surface area (Å²) >= 11 is 7.27. The van der Waals surface area contributed by atoms with Gasteiger partial charge in [-0.05, 0) is 32.3 Å². The zero-order valence-corrected chi connectivity index (χ0v) is 13.7. The molecule has 0 unspecified atom stereocenters. The van der Waals surface area contributed by atoms with Crippen LogP contribution in [-0.4, -0.2) is 17.0 Å². The third kappa shape index (κ3) is 3.16. The van der Waals surface area contributed by atoms with Crippen LogP contribution in [0.25, 0.3) is 0 Å². The first-order valence-corrected chi connectivity index (χ1v) is 7.92. The molecule has 1 aromatic heterocycles. The molecular weight excluding hydrogens is 324 g/mol. The van der Waals surface area contributed by atoms with Gasteiger partial charge in [0.15, 0.2) is 0 Å². The lowest BCUT2D eigenvalue weighted by molar-refractivity contribution is -0.146. The fourth-order valence-corrected chi connectivity index (χ4v) is 3.73. The Morgan fingerprint density at radius 1 is 1.45 bits per heavy atom. The van der Waals surface area contributed by atoms with E-state index in [1.54, 1.807) is 6.08 Å². The number of carbonyl (C=O) groups is 2. The highest BCUT2D eigenvalue weighted by Gasteiger charge is 2.36. The number of nitrogens with zero attached hydrogens (tertiary/aromatic N) is 1. The number of rotatable bonds is 3. The number of amides is 1. The molecule has 116 valence electrons. The number of nitrogens with one attached hydrogen (secondary N) is 1. The van der Waals surface area contributed by atoms with Gasteiger partial charge < -0.3 is 10.4 Å². The number of carboxylic acids is 1. The second-order valence-electron chi connectivity index (χ2n) is 5.23. The van der Waals surface area contributed by atoms with Crippen molar-refractivity contribution < 1.29 is 14.7 Å². The number of allylic oxidation sites excluding steroid dienone is 2. The number of anilines is 1. The maximum Gasteiger partial charge on any atom is 0.307 e. The van der Waals surface area contributed by atoms with Crippen molar-refractivity contribution in [3.05, 3.63) is 27.1 Å². The van der Waals surface area contributed by atoms with Crippen LogP contribution in [0.4, 0.5) is 5.00 Å². The van der Waals surface area contributed by atoms with E-state index in [9.17, 15) is 20.0 Å². The molecule has 1 aliphatic rings. The van der Waals surface area contributed by atoms with Crippen LogP contribution in [0.1, 0.15) is 28.8 Å². The van der Waals surface area contributed by atoms with Crippen LogP contribution < -0.4 is 5.32 Å². The van der Waals surface area contributed by atoms with Gasteiger partial charge in [0.05, 0.1) is 17.4 Å². The number of nitriles is 1. The van der Waals surface area contributed by atoms with Crippen molar-refractivity contribution in [3.63, 3.8) is 0 Å². The summed E-state index contributed by atoms with van der Waals surface area (Å²) < 4.78 is 0. The van der Waals surface area contributed by atoms with Crippen molar-refractivity contribution in [2.24, 2.45) is 11.8 Å². The van der Waals surface area contributed by atoms with Crippen molar-refractivity contribution in [1.82, 2.24) is 0 Å². The van der Waals surface area contributed by atoms with E-state index in [1.165, 1.54) is 11.3 Å². The van der Waals surface area contributed by atoms with Crippen molar-refractivity contribution in [3.8, 4) is 6.07 Å². The third-order valence-electron chi connectivity index (χ3n) is 3.88. The first-order chi connectivity index (χ1) is 10.3. The second kappa shape index (κ2) is 6.51. The summed E-state index contributed by atoms with van der Waals surface area (Å²) in [4.78, 5) is 24.7. The predicted octanol–water partition coefficient (Wildman–Crippen LogP) is 3.41. The smallest absolute Gasteiger partial charge is 0.307 e. The Bertz CT molecular complexity index is 702. The van der Waals surface area contributed by atoms with E-state index in [-0.39, 0.29) is 12.8 Å². The lowest BCUT2D eigenvalue weighted by Crippen LogP contribution is -2.35. The number of carbonyl (C=O) groups excluding carboxylic acids is 1. The standard InChI is InChI=1S/C15H15ClN2O3S/c1-7-8(2)22-14(12(7)6-17)18-13(19)11-5-9(16)3-4-10(11)15(20)21/h3,10-11H,4-5H2,1-2H3,(H,18,19)(H,20,21)/t10-,11-/m1/s1. The van der Waals surface area contributed by atoms with E-state index in [0.29, 0.717) is 15.6 Å². The largest absolute Gasteiger partial charge is 0.481 e. The molecule has 2 atom stereocenters. The molecule has 0 saturated carbocycles.